The largest absolute Gasteiger partial charge is 0.508 e. The van der Waals surface area contributed by atoms with Gasteiger partial charge in [0.2, 0.25) is 23.6 Å². The van der Waals surface area contributed by atoms with E-state index >= 15 is 0 Å². The molecule has 1 aromatic rings. The van der Waals surface area contributed by atoms with Crippen molar-refractivity contribution in [2.45, 2.75) is 49.9 Å². The van der Waals surface area contributed by atoms with Gasteiger partial charge in [0, 0.05) is 12.8 Å². The van der Waals surface area contributed by atoms with Crippen molar-refractivity contribution < 1.29 is 39.3 Å². The van der Waals surface area contributed by atoms with E-state index in [1.165, 1.54) is 36.0 Å². The molecule has 0 spiro atoms. The lowest BCUT2D eigenvalue weighted by Crippen LogP contribution is -2.58. The second-order valence-corrected chi connectivity index (χ2v) is 8.95. The number of amides is 4. The number of aromatic hydroxyl groups is 1. The van der Waals surface area contributed by atoms with Crippen molar-refractivity contribution in [3.8, 4) is 5.75 Å². The highest BCUT2D eigenvalue weighted by atomic mass is 32.2. The summed E-state index contributed by atoms with van der Waals surface area (Å²) >= 11 is 1.39. The molecule has 0 bridgehead atoms. The van der Waals surface area contributed by atoms with Gasteiger partial charge < -0.3 is 42.7 Å². The summed E-state index contributed by atoms with van der Waals surface area (Å²) in [4.78, 5) is 61.1. The normalized spacial score (nSPS) is 14.1. The number of carboxylic acid groups (broad SMARTS) is 1. The molecule has 0 aliphatic carbocycles. The van der Waals surface area contributed by atoms with Gasteiger partial charge in [-0.15, -0.1) is 0 Å². The van der Waals surface area contributed by atoms with Crippen molar-refractivity contribution in [1.29, 1.82) is 0 Å². The van der Waals surface area contributed by atoms with E-state index < -0.39 is 60.4 Å². The summed E-state index contributed by atoms with van der Waals surface area (Å²) in [5, 5.41) is 35.2. The van der Waals surface area contributed by atoms with Gasteiger partial charge in [0.1, 0.15) is 29.9 Å². The molecule has 4 unspecified atom stereocenters. The molecular weight excluding hydrogens is 494 g/mol. The minimum Gasteiger partial charge on any atom is -0.508 e. The SMILES string of the molecule is CSCCC(NC(=O)C(CCC(N)=O)NC(=O)C(Cc1ccc(O)cc1)NC(=O)C(N)CO)C(=O)O. The van der Waals surface area contributed by atoms with Crippen LogP contribution in [0.5, 0.6) is 5.75 Å². The third kappa shape index (κ3) is 10.9. The minimum atomic E-state index is -1.33. The number of nitrogens with two attached hydrogens (primary N) is 2. The summed E-state index contributed by atoms with van der Waals surface area (Å²) in [5.41, 5.74) is 11.3. The zero-order valence-electron chi connectivity index (χ0n) is 19.8. The number of hydrogen-bond acceptors (Lipinski definition) is 9. The summed E-state index contributed by atoms with van der Waals surface area (Å²) in [5.74, 6) is -4.01. The molecule has 36 heavy (non-hydrogen) atoms. The molecule has 4 atom stereocenters. The van der Waals surface area contributed by atoms with Gasteiger partial charge in [-0.1, -0.05) is 12.1 Å². The number of carbonyl (C=O) groups excluding carboxylic acids is 4. The number of phenols is 1. The van der Waals surface area contributed by atoms with Gasteiger partial charge in [-0.25, -0.2) is 4.79 Å². The first kappa shape index (κ1) is 30.7. The molecular formula is C22H33N5O8S. The number of carbonyl (C=O) groups is 5. The Bertz CT molecular complexity index is 914. The van der Waals surface area contributed by atoms with E-state index in [-0.39, 0.29) is 31.4 Å². The second kappa shape index (κ2) is 15.6. The number of phenolic OH excluding ortho intramolecular Hbond substituents is 1. The van der Waals surface area contributed by atoms with Crippen LogP contribution in [0.3, 0.4) is 0 Å². The van der Waals surface area contributed by atoms with Crippen LogP contribution in [0.25, 0.3) is 0 Å². The summed E-state index contributed by atoms with van der Waals surface area (Å²) in [6, 6.07) is 0.713. The molecule has 0 saturated heterocycles. The fourth-order valence-electron chi connectivity index (χ4n) is 3.03. The molecule has 0 fully saturated rings. The zero-order valence-corrected chi connectivity index (χ0v) is 20.6. The van der Waals surface area contributed by atoms with Crippen molar-refractivity contribution in [2.75, 3.05) is 18.6 Å². The van der Waals surface area contributed by atoms with E-state index in [0.717, 1.165) is 0 Å². The second-order valence-electron chi connectivity index (χ2n) is 7.97. The van der Waals surface area contributed by atoms with Crippen LogP contribution in [0.4, 0.5) is 0 Å². The van der Waals surface area contributed by atoms with Gasteiger partial charge in [-0.05, 0) is 42.5 Å². The number of carboxylic acids is 1. The van der Waals surface area contributed by atoms with Crippen molar-refractivity contribution >= 4 is 41.4 Å². The Kier molecular flexibility index (Phi) is 13.3. The van der Waals surface area contributed by atoms with Gasteiger partial charge in [0.05, 0.1) is 6.61 Å². The van der Waals surface area contributed by atoms with Crippen molar-refractivity contribution in [3.05, 3.63) is 29.8 Å². The lowest BCUT2D eigenvalue weighted by Gasteiger charge is -2.25. The van der Waals surface area contributed by atoms with Gasteiger partial charge in [0.25, 0.3) is 0 Å². The smallest absolute Gasteiger partial charge is 0.326 e. The number of nitrogens with one attached hydrogen (secondary N) is 3. The number of hydrogen-bond donors (Lipinski definition) is 8. The number of aliphatic hydroxyl groups excluding tert-OH is 1. The summed E-state index contributed by atoms with van der Waals surface area (Å²) < 4.78 is 0. The van der Waals surface area contributed by atoms with Gasteiger partial charge in [0.15, 0.2) is 0 Å². The highest BCUT2D eigenvalue weighted by Crippen LogP contribution is 2.12. The summed E-state index contributed by atoms with van der Waals surface area (Å²) in [7, 11) is 0. The predicted molar refractivity (Wildman–Crippen MR) is 132 cm³/mol. The van der Waals surface area contributed by atoms with Crippen molar-refractivity contribution in [3.63, 3.8) is 0 Å². The fraction of sp³-hybridized carbons (Fsp3) is 0.500. The number of primary amides is 1. The first-order valence-electron chi connectivity index (χ1n) is 11.0. The number of thioether (sulfide) groups is 1. The fourth-order valence-corrected chi connectivity index (χ4v) is 3.50. The number of aliphatic carboxylic acids is 1. The third-order valence-electron chi connectivity index (χ3n) is 5.08. The van der Waals surface area contributed by atoms with Crippen LogP contribution in [-0.4, -0.2) is 87.7 Å². The molecule has 4 amide bonds. The molecule has 14 heteroatoms. The molecule has 10 N–H and O–H groups in total. The summed E-state index contributed by atoms with van der Waals surface area (Å²) in [6.07, 6.45) is 1.37. The number of rotatable bonds is 16. The van der Waals surface area contributed by atoms with Crippen molar-refractivity contribution in [2.24, 2.45) is 11.5 Å². The Morgan fingerprint density at radius 3 is 2.00 bits per heavy atom. The first-order chi connectivity index (χ1) is 17.0. The Hall–Kier alpha value is -3.36. The zero-order chi connectivity index (χ0) is 27.3. The van der Waals surface area contributed by atoms with Crippen LogP contribution in [0, 0.1) is 0 Å². The van der Waals surface area contributed by atoms with E-state index in [9.17, 15) is 34.2 Å². The minimum absolute atomic E-state index is 0.0104. The Balaban J connectivity index is 3.11. The maximum absolute atomic E-state index is 13.1. The standard InChI is InChI=1S/C22H33N5O8S/c1-36-9-8-16(22(34)35)26-20(32)15(6-7-18(24)30)25-21(33)17(27-19(31)14(23)11-28)10-12-2-4-13(29)5-3-12/h2-5,14-17,28-29H,6-11,23H2,1H3,(H2,24,30)(H,25,33)(H,26,32)(H,27,31)(H,34,35). The Morgan fingerprint density at radius 2 is 1.47 bits per heavy atom. The Morgan fingerprint density at radius 1 is 0.917 bits per heavy atom. The molecule has 200 valence electrons. The first-order valence-corrected chi connectivity index (χ1v) is 12.4. The highest BCUT2D eigenvalue weighted by molar-refractivity contribution is 7.98. The lowest BCUT2D eigenvalue weighted by molar-refractivity contribution is -0.142. The lowest BCUT2D eigenvalue weighted by atomic mass is 10.0. The van der Waals surface area contributed by atoms with E-state index in [4.69, 9.17) is 16.6 Å². The number of aliphatic hydroxyl groups is 1. The van der Waals surface area contributed by atoms with Crippen LogP contribution in [0.15, 0.2) is 24.3 Å². The predicted octanol–water partition coefficient (Wildman–Crippen LogP) is -2.19. The van der Waals surface area contributed by atoms with Gasteiger partial charge in [-0.3, -0.25) is 19.2 Å². The maximum atomic E-state index is 13.1. The quantitative estimate of drug-likeness (QED) is 0.116. The number of benzene rings is 1. The van der Waals surface area contributed by atoms with Gasteiger partial charge >= 0.3 is 5.97 Å². The monoisotopic (exact) mass is 527 g/mol. The van der Waals surface area contributed by atoms with E-state index in [2.05, 4.69) is 16.0 Å². The molecule has 0 aliphatic heterocycles. The Labute approximate surface area is 212 Å². The van der Waals surface area contributed by atoms with Crippen LogP contribution in [0.1, 0.15) is 24.8 Å². The highest BCUT2D eigenvalue weighted by Gasteiger charge is 2.30. The van der Waals surface area contributed by atoms with Gasteiger partial charge in [-0.2, -0.15) is 11.8 Å². The van der Waals surface area contributed by atoms with E-state index in [1.807, 2.05) is 0 Å². The molecule has 0 saturated carbocycles. The maximum Gasteiger partial charge on any atom is 0.326 e. The molecule has 0 aromatic heterocycles. The molecule has 0 radical (unpaired) electrons. The van der Waals surface area contributed by atoms with Crippen LogP contribution >= 0.6 is 11.8 Å². The molecule has 13 nitrogen and oxygen atoms in total. The molecule has 1 aromatic carbocycles. The third-order valence-corrected chi connectivity index (χ3v) is 5.72. The van der Waals surface area contributed by atoms with Crippen LogP contribution in [-0.2, 0) is 30.4 Å². The van der Waals surface area contributed by atoms with Crippen molar-refractivity contribution in [1.82, 2.24) is 16.0 Å². The van der Waals surface area contributed by atoms with E-state index in [0.29, 0.717) is 11.3 Å². The van der Waals surface area contributed by atoms with Crippen LogP contribution < -0.4 is 27.4 Å². The average molecular weight is 528 g/mol. The van der Waals surface area contributed by atoms with E-state index in [1.54, 1.807) is 6.26 Å². The topological polar surface area (TPSA) is 234 Å². The molecule has 0 aliphatic rings. The molecule has 0 heterocycles. The molecule has 1 rings (SSSR count). The summed E-state index contributed by atoms with van der Waals surface area (Å²) in [6.45, 7) is -0.671. The van der Waals surface area contributed by atoms with Crippen LogP contribution in [0.2, 0.25) is 0 Å². The average Bonchev–Trinajstić information content (AvgIpc) is 2.83.